The van der Waals surface area contributed by atoms with Crippen LogP contribution in [0.1, 0.15) is 29.6 Å². The van der Waals surface area contributed by atoms with E-state index in [-0.39, 0.29) is 11.7 Å². The number of fused-ring (bicyclic) bond motifs is 1. The summed E-state index contributed by atoms with van der Waals surface area (Å²) in [6, 6.07) is 14.0. The van der Waals surface area contributed by atoms with E-state index in [0.717, 1.165) is 23.8 Å². The van der Waals surface area contributed by atoms with Crippen LogP contribution in [0.3, 0.4) is 0 Å². The fourth-order valence-electron chi connectivity index (χ4n) is 3.28. The molecule has 0 aliphatic carbocycles. The van der Waals surface area contributed by atoms with Crippen molar-refractivity contribution in [1.29, 1.82) is 0 Å². The van der Waals surface area contributed by atoms with Crippen molar-refractivity contribution in [2.45, 2.75) is 19.3 Å². The molecule has 6 nitrogen and oxygen atoms in total. The van der Waals surface area contributed by atoms with Gasteiger partial charge in [-0.15, -0.1) is 0 Å². The van der Waals surface area contributed by atoms with Gasteiger partial charge in [-0.3, -0.25) is 9.10 Å². The molecule has 1 amide bonds. The van der Waals surface area contributed by atoms with Gasteiger partial charge in [0, 0.05) is 23.2 Å². The maximum absolute atomic E-state index is 12.5. The van der Waals surface area contributed by atoms with E-state index in [0.29, 0.717) is 29.9 Å². The van der Waals surface area contributed by atoms with Crippen LogP contribution in [-0.2, 0) is 10.0 Å². The molecule has 0 unspecified atom stereocenters. The number of sulfonamides is 1. The summed E-state index contributed by atoms with van der Waals surface area (Å²) in [7, 11) is -3.29. The lowest BCUT2D eigenvalue weighted by atomic mass is 10.1. The number of hydrogen-bond acceptors (Lipinski definition) is 4. The number of rotatable bonds is 3. The molecule has 0 radical (unpaired) electrons. The lowest BCUT2D eigenvalue weighted by Crippen LogP contribution is -2.32. The van der Waals surface area contributed by atoms with E-state index < -0.39 is 10.0 Å². The third-order valence-corrected chi connectivity index (χ3v) is 6.60. The number of amides is 1. The van der Waals surface area contributed by atoms with Crippen LogP contribution in [0.25, 0.3) is 11.0 Å². The monoisotopic (exact) mass is 384 g/mol. The summed E-state index contributed by atoms with van der Waals surface area (Å²) in [6.45, 7) is 0.485. The molecule has 1 aliphatic rings. The van der Waals surface area contributed by atoms with Gasteiger partial charge in [-0.25, -0.2) is 8.42 Å². The molecule has 2 aromatic carbocycles. The summed E-state index contributed by atoms with van der Waals surface area (Å²) in [5, 5.41) is 3.76. The zero-order chi connectivity index (χ0) is 18.9. The summed E-state index contributed by atoms with van der Waals surface area (Å²) < 4.78 is 31.5. The average molecular weight is 384 g/mol. The van der Waals surface area contributed by atoms with Gasteiger partial charge in [-0.1, -0.05) is 6.42 Å². The average Bonchev–Trinajstić information content (AvgIpc) is 3.04. The number of nitrogens with one attached hydrogen (secondary N) is 1. The van der Waals surface area contributed by atoms with Crippen LogP contribution in [0.5, 0.6) is 0 Å². The minimum Gasteiger partial charge on any atom is -0.464 e. The zero-order valence-electron chi connectivity index (χ0n) is 14.7. The fraction of sp³-hybridized carbons (Fsp3) is 0.250. The molecule has 1 fully saturated rings. The summed E-state index contributed by atoms with van der Waals surface area (Å²) >= 11 is 0. The van der Waals surface area contributed by atoms with Crippen molar-refractivity contribution in [3.8, 4) is 0 Å². The highest BCUT2D eigenvalue weighted by Gasteiger charge is 2.24. The molecule has 4 rings (SSSR count). The molecule has 3 aromatic rings. The zero-order valence-corrected chi connectivity index (χ0v) is 15.5. The second-order valence-corrected chi connectivity index (χ2v) is 8.64. The Bertz CT molecular complexity index is 1070. The molecule has 0 spiro atoms. The van der Waals surface area contributed by atoms with E-state index in [1.807, 2.05) is 12.1 Å². The maximum Gasteiger partial charge on any atom is 0.255 e. The molecular weight excluding hydrogens is 364 g/mol. The number of carbonyl (C=O) groups is 1. The van der Waals surface area contributed by atoms with Crippen LogP contribution in [0.15, 0.2) is 59.2 Å². The summed E-state index contributed by atoms with van der Waals surface area (Å²) in [6.07, 6.45) is 4.06. The number of furan rings is 1. The third kappa shape index (κ3) is 3.68. The molecule has 1 N–H and O–H groups in total. The van der Waals surface area contributed by atoms with E-state index in [1.165, 1.54) is 4.31 Å². The van der Waals surface area contributed by atoms with E-state index in [9.17, 15) is 13.2 Å². The molecule has 0 bridgehead atoms. The number of anilines is 2. The number of carbonyl (C=O) groups excluding carboxylic acids is 1. The minimum atomic E-state index is -3.29. The van der Waals surface area contributed by atoms with Gasteiger partial charge in [-0.2, -0.15) is 0 Å². The maximum atomic E-state index is 12.5. The Morgan fingerprint density at radius 1 is 1.00 bits per heavy atom. The van der Waals surface area contributed by atoms with Gasteiger partial charge >= 0.3 is 0 Å². The van der Waals surface area contributed by atoms with Crippen molar-refractivity contribution in [1.82, 2.24) is 0 Å². The lowest BCUT2D eigenvalue weighted by Gasteiger charge is -2.22. The van der Waals surface area contributed by atoms with Crippen molar-refractivity contribution >= 4 is 38.3 Å². The molecule has 1 aromatic heterocycles. The van der Waals surface area contributed by atoms with Crippen LogP contribution in [0, 0.1) is 0 Å². The molecule has 0 saturated carbocycles. The molecule has 2 heterocycles. The van der Waals surface area contributed by atoms with Crippen LogP contribution in [-0.4, -0.2) is 26.6 Å². The second kappa shape index (κ2) is 7.08. The van der Waals surface area contributed by atoms with Crippen LogP contribution in [0.2, 0.25) is 0 Å². The number of benzene rings is 2. The van der Waals surface area contributed by atoms with E-state index in [2.05, 4.69) is 5.32 Å². The molecule has 1 aliphatic heterocycles. The van der Waals surface area contributed by atoms with Gasteiger partial charge in [0.25, 0.3) is 5.91 Å². The van der Waals surface area contributed by atoms with Gasteiger partial charge in [0.1, 0.15) is 5.58 Å². The largest absolute Gasteiger partial charge is 0.464 e. The topological polar surface area (TPSA) is 79.6 Å². The van der Waals surface area contributed by atoms with E-state index in [1.54, 1.807) is 42.7 Å². The van der Waals surface area contributed by atoms with Gasteiger partial charge in [0.05, 0.1) is 17.7 Å². The summed E-state index contributed by atoms with van der Waals surface area (Å²) in [5.74, 6) is -0.0748. The third-order valence-electron chi connectivity index (χ3n) is 4.73. The first-order valence-corrected chi connectivity index (χ1v) is 10.5. The molecular formula is C20H20N2O4S. The highest BCUT2D eigenvalue weighted by atomic mass is 32.2. The quantitative estimate of drug-likeness (QED) is 0.740. The highest BCUT2D eigenvalue weighted by molar-refractivity contribution is 7.92. The Kier molecular flexibility index (Phi) is 4.61. The fourth-order valence-corrected chi connectivity index (χ4v) is 4.92. The molecule has 140 valence electrons. The Morgan fingerprint density at radius 3 is 2.63 bits per heavy atom. The smallest absolute Gasteiger partial charge is 0.255 e. The Hall–Kier alpha value is -2.80. The molecule has 27 heavy (non-hydrogen) atoms. The second-order valence-electron chi connectivity index (χ2n) is 6.62. The normalized spacial score (nSPS) is 16.8. The van der Waals surface area contributed by atoms with Crippen molar-refractivity contribution in [3.05, 3.63) is 60.4 Å². The highest BCUT2D eigenvalue weighted by Crippen LogP contribution is 2.24. The van der Waals surface area contributed by atoms with Crippen molar-refractivity contribution < 1.29 is 17.6 Å². The predicted octanol–water partition coefficient (Wildman–Crippen LogP) is 4.01. The molecule has 1 saturated heterocycles. The Balaban J connectivity index is 1.51. The van der Waals surface area contributed by atoms with Gasteiger partial charge < -0.3 is 9.73 Å². The summed E-state index contributed by atoms with van der Waals surface area (Å²) in [4.78, 5) is 12.5. The number of nitrogens with zero attached hydrogens (tertiary/aromatic N) is 1. The van der Waals surface area contributed by atoms with Gasteiger partial charge in [0.15, 0.2) is 0 Å². The SMILES string of the molecule is O=C(Nc1ccc2occc2c1)c1ccc(N2CCCCCS2(=O)=O)cc1. The molecule has 0 atom stereocenters. The number of hydrogen-bond donors (Lipinski definition) is 1. The van der Waals surface area contributed by atoms with Crippen molar-refractivity contribution in [2.75, 3.05) is 21.9 Å². The van der Waals surface area contributed by atoms with Gasteiger partial charge in [-0.05, 0) is 61.4 Å². The van der Waals surface area contributed by atoms with E-state index in [4.69, 9.17) is 4.42 Å². The van der Waals surface area contributed by atoms with Gasteiger partial charge in [0.2, 0.25) is 10.0 Å². The first kappa shape index (κ1) is 17.6. The minimum absolute atomic E-state index is 0.172. The molecule has 7 heteroatoms. The summed E-state index contributed by atoms with van der Waals surface area (Å²) in [5.41, 5.74) is 2.51. The Morgan fingerprint density at radius 2 is 1.81 bits per heavy atom. The Labute approximate surface area is 157 Å². The van der Waals surface area contributed by atoms with Crippen molar-refractivity contribution in [2.24, 2.45) is 0 Å². The van der Waals surface area contributed by atoms with E-state index >= 15 is 0 Å². The first-order chi connectivity index (χ1) is 13.0. The van der Waals surface area contributed by atoms with Crippen molar-refractivity contribution in [3.63, 3.8) is 0 Å². The van der Waals surface area contributed by atoms with Crippen LogP contribution in [0.4, 0.5) is 11.4 Å². The lowest BCUT2D eigenvalue weighted by molar-refractivity contribution is 0.102. The first-order valence-electron chi connectivity index (χ1n) is 8.92. The van der Waals surface area contributed by atoms with Crippen LogP contribution >= 0.6 is 0 Å². The standard InChI is InChI=1S/C20H20N2O4S/c23-20(21-17-6-9-19-16(14-17)10-12-26-19)15-4-7-18(8-5-15)22-11-2-1-3-13-27(22,24)25/h4-10,12,14H,1-3,11,13H2,(H,21,23). The van der Waals surface area contributed by atoms with Crippen LogP contribution < -0.4 is 9.62 Å². The predicted molar refractivity (Wildman–Crippen MR) is 106 cm³/mol.